The van der Waals surface area contributed by atoms with Crippen LogP contribution < -0.4 is 0 Å². The zero-order valence-corrected chi connectivity index (χ0v) is 24.3. The van der Waals surface area contributed by atoms with Crippen LogP contribution in [0.5, 0.6) is 0 Å². The molecule has 35 heavy (non-hydrogen) atoms. The summed E-state index contributed by atoms with van der Waals surface area (Å²) >= 11 is 13.4. The van der Waals surface area contributed by atoms with Gasteiger partial charge in [-0.1, -0.05) is 47.9 Å². The van der Waals surface area contributed by atoms with Gasteiger partial charge in [0.05, 0.1) is 17.3 Å². The number of nitro benzene ring substituents is 1. The Hall–Kier alpha value is -2.68. The molecule has 172 valence electrons. The minimum atomic E-state index is -0.423. The molecule has 3 aromatic carbocycles. The molecule has 0 amide bonds. The highest BCUT2D eigenvalue weighted by Gasteiger charge is 2.03. The number of nitro groups is 1. The first-order valence-electron chi connectivity index (χ1n) is 10.0. The Balaban J connectivity index is 1.93. The monoisotopic (exact) mass is 713 g/mol. The standard InChI is InChI=1S/C28H15Br4NO2/c29-27(30)18-24-9-3-20(4-10-24)1-7-22(17-23-13-15-26(16-14-23)33(34)35)8-2-21-5-11-25(12-6-21)19-28(31)32/h3-6,9-19H. The van der Waals surface area contributed by atoms with Gasteiger partial charge < -0.3 is 0 Å². The van der Waals surface area contributed by atoms with Crippen molar-refractivity contribution in [3.63, 3.8) is 0 Å². The van der Waals surface area contributed by atoms with Gasteiger partial charge in [-0.05, 0) is 135 Å². The highest BCUT2D eigenvalue weighted by molar-refractivity contribution is 9.28. The number of allylic oxidation sites excluding steroid dienone is 1. The van der Waals surface area contributed by atoms with E-state index in [1.165, 1.54) is 12.1 Å². The highest BCUT2D eigenvalue weighted by atomic mass is 79.9. The van der Waals surface area contributed by atoms with Crippen LogP contribution in [0.4, 0.5) is 5.69 Å². The highest BCUT2D eigenvalue weighted by Crippen LogP contribution is 2.19. The van der Waals surface area contributed by atoms with Crippen molar-refractivity contribution in [3.8, 4) is 23.7 Å². The number of benzene rings is 3. The van der Waals surface area contributed by atoms with E-state index in [1.54, 1.807) is 12.1 Å². The molecule has 0 aliphatic rings. The van der Waals surface area contributed by atoms with E-state index in [9.17, 15) is 10.1 Å². The summed E-state index contributed by atoms with van der Waals surface area (Å²) in [7, 11) is 0. The lowest BCUT2D eigenvalue weighted by Gasteiger charge is -1.96. The van der Waals surface area contributed by atoms with Gasteiger partial charge in [-0.15, -0.1) is 0 Å². The van der Waals surface area contributed by atoms with Crippen molar-refractivity contribution >= 4 is 87.6 Å². The number of nitrogens with zero attached hydrogens (tertiary/aromatic N) is 1. The van der Waals surface area contributed by atoms with Crippen molar-refractivity contribution in [3.05, 3.63) is 123 Å². The van der Waals surface area contributed by atoms with E-state index in [2.05, 4.69) is 87.4 Å². The molecule has 0 saturated carbocycles. The molecule has 0 N–H and O–H groups in total. The molecular formula is C28H15Br4NO2. The second-order valence-corrected chi connectivity index (χ2v) is 12.6. The van der Waals surface area contributed by atoms with Crippen LogP contribution in [0.3, 0.4) is 0 Å². The summed E-state index contributed by atoms with van der Waals surface area (Å²) in [4.78, 5) is 10.5. The maximum absolute atomic E-state index is 10.9. The largest absolute Gasteiger partial charge is 0.269 e. The van der Waals surface area contributed by atoms with Gasteiger partial charge in [0, 0.05) is 23.3 Å². The lowest BCUT2D eigenvalue weighted by atomic mass is 10.1. The van der Waals surface area contributed by atoms with Gasteiger partial charge in [-0.2, -0.15) is 0 Å². The van der Waals surface area contributed by atoms with Gasteiger partial charge >= 0.3 is 0 Å². The molecule has 3 aromatic rings. The van der Waals surface area contributed by atoms with E-state index in [1.807, 2.05) is 66.8 Å². The minimum Gasteiger partial charge on any atom is -0.258 e. The summed E-state index contributed by atoms with van der Waals surface area (Å²) in [5, 5.41) is 10.9. The Morgan fingerprint density at radius 2 is 1.00 bits per heavy atom. The summed E-state index contributed by atoms with van der Waals surface area (Å²) in [6.07, 6.45) is 5.71. The van der Waals surface area contributed by atoms with Crippen LogP contribution in [0.25, 0.3) is 18.2 Å². The number of hydrogen-bond acceptors (Lipinski definition) is 2. The van der Waals surface area contributed by atoms with Crippen LogP contribution in [-0.4, -0.2) is 4.92 Å². The van der Waals surface area contributed by atoms with Crippen LogP contribution in [0.15, 0.2) is 85.2 Å². The molecule has 0 unspecified atom stereocenters. The van der Waals surface area contributed by atoms with Gasteiger partial charge in [0.1, 0.15) is 0 Å². The van der Waals surface area contributed by atoms with Crippen LogP contribution in [0, 0.1) is 33.8 Å². The van der Waals surface area contributed by atoms with Gasteiger partial charge in [0.25, 0.3) is 5.69 Å². The van der Waals surface area contributed by atoms with Gasteiger partial charge in [0.15, 0.2) is 0 Å². The molecule has 3 rings (SSSR count). The van der Waals surface area contributed by atoms with Crippen molar-refractivity contribution in [2.75, 3.05) is 0 Å². The fourth-order valence-electron chi connectivity index (χ4n) is 2.82. The summed E-state index contributed by atoms with van der Waals surface area (Å²) in [6, 6.07) is 21.9. The SMILES string of the molecule is O=[N+]([O-])c1ccc(C=C(C#Cc2ccc(C=C(Br)Br)cc2)C#Cc2ccc(C=C(Br)Br)cc2)cc1. The first-order chi connectivity index (χ1) is 16.8. The third-order valence-corrected chi connectivity index (χ3v) is 5.39. The molecule has 0 aliphatic carbocycles. The molecule has 0 aliphatic heterocycles. The lowest BCUT2D eigenvalue weighted by Crippen LogP contribution is -1.87. The molecule has 0 bridgehead atoms. The average Bonchev–Trinajstić information content (AvgIpc) is 2.82. The zero-order valence-electron chi connectivity index (χ0n) is 17.9. The quantitative estimate of drug-likeness (QED) is 0.154. The van der Waals surface area contributed by atoms with Crippen molar-refractivity contribution in [1.29, 1.82) is 0 Å². The van der Waals surface area contributed by atoms with Crippen molar-refractivity contribution < 1.29 is 4.92 Å². The fourth-order valence-corrected chi connectivity index (χ4v) is 3.88. The smallest absolute Gasteiger partial charge is 0.258 e. The van der Waals surface area contributed by atoms with E-state index in [4.69, 9.17) is 0 Å². The second kappa shape index (κ2) is 13.4. The first-order valence-corrected chi connectivity index (χ1v) is 13.2. The molecule has 0 spiro atoms. The van der Waals surface area contributed by atoms with Crippen LogP contribution >= 0.6 is 63.7 Å². The van der Waals surface area contributed by atoms with E-state index in [-0.39, 0.29) is 5.69 Å². The Morgan fingerprint density at radius 1 is 0.629 bits per heavy atom. The summed E-state index contributed by atoms with van der Waals surface area (Å²) < 4.78 is 1.72. The van der Waals surface area contributed by atoms with E-state index in [0.717, 1.165) is 34.6 Å². The Bertz CT molecular complexity index is 1340. The third-order valence-electron chi connectivity index (χ3n) is 4.47. The van der Waals surface area contributed by atoms with E-state index < -0.39 is 4.92 Å². The Kier molecular flexibility index (Phi) is 10.3. The Morgan fingerprint density at radius 3 is 1.37 bits per heavy atom. The minimum absolute atomic E-state index is 0.0365. The molecule has 0 radical (unpaired) electrons. The topological polar surface area (TPSA) is 43.1 Å². The van der Waals surface area contributed by atoms with Crippen LogP contribution in [0.1, 0.15) is 27.8 Å². The third kappa shape index (κ3) is 9.47. The fraction of sp³-hybridized carbons (Fsp3) is 0. The summed E-state index contributed by atoms with van der Waals surface area (Å²) in [6.45, 7) is 0. The molecule has 7 heteroatoms. The van der Waals surface area contributed by atoms with Crippen LogP contribution in [-0.2, 0) is 0 Å². The van der Waals surface area contributed by atoms with E-state index >= 15 is 0 Å². The molecule has 0 aromatic heterocycles. The predicted octanol–water partition coefficient (Wildman–Crippen LogP) is 9.26. The summed E-state index contributed by atoms with van der Waals surface area (Å²) in [5.74, 6) is 12.6. The number of hydrogen-bond donors (Lipinski definition) is 0. The van der Waals surface area contributed by atoms with Crippen molar-refractivity contribution in [2.45, 2.75) is 0 Å². The van der Waals surface area contributed by atoms with Crippen LogP contribution in [0.2, 0.25) is 0 Å². The first kappa shape index (κ1) is 26.9. The zero-order chi connectivity index (χ0) is 25.2. The van der Waals surface area contributed by atoms with Crippen molar-refractivity contribution in [2.24, 2.45) is 0 Å². The van der Waals surface area contributed by atoms with Gasteiger partial charge in [-0.3, -0.25) is 10.1 Å². The summed E-state index contributed by atoms with van der Waals surface area (Å²) in [5.41, 5.74) is 5.17. The van der Waals surface area contributed by atoms with Crippen molar-refractivity contribution in [1.82, 2.24) is 0 Å². The maximum Gasteiger partial charge on any atom is 0.269 e. The normalized spacial score (nSPS) is 9.49. The number of non-ortho nitro benzene ring substituents is 1. The predicted molar refractivity (Wildman–Crippen MR) is 159 cm³/mol. The molecule has 0 heterocycles. The molecular weight excluding hydrogens is 702 g/mol. The van der Waals surface area contributed by atoms with E-state index in [0.29, 0.717) is 5.57 Å². The Labute approximate surface area is 237 Å². The molecule has 0 fully saturated rings. The number of rotatable bonds is 4. The second-order valence-electron chi connectivity index (χ2n) is 7.02. The van der Waals surface area contributed by atoms with Gasteiger partial charge in [-0.25, -0.2) is 0 Å². The molecule has 3 nitrogen and oxygen atoms in total. The maximum atomic E-state index is 10.9. The molecule has 0 saturated heterocycles. The van der Waals surface area contributed by atoms with Gasteiger partial charge in [0.2, 0.25) is 0 Å². The lowest BCUT2D eigenvalue weighted by molar-refractivity contribution is -0.384. The number of halogens is 4. The average molecular weight is 717 g/mol. The molecule has 0 atom stereocenters.